The van der Waals surface area contributed by atoms with E-state index in [9.17, 15) is 4.79 Å². The Morgan fingerprint density at radius 3 is 2.30 bits per heavy atom. The number of carboxylic acid groups (broad SMARTS) is 1. The zero-order valence-electron chi connectivity index (χ0n) is 17.3. The highest BCUT2D eigenvalue weighted by molar-refractivity contribution is 5.66. The maximum atomic E-state index is 10.8. The molecule has 0 amide bonds. The van der Waals surface area contributed by atoms with Gasteiger partial charge in [-0.1, -0.05) is 62.6 Å². The van der Waals surface area contributed by atoms with Gasteiger partial charge in [0.25, 0.3) is 0 Å². The Bertz CT molecular complexity index is 470. The minimum Gasteiger partial charge on any atom is -0.481 e. The first-order valence-electron chi connectivity index (χ1n) is 9.86. The van der Waals surface area contributed by atoms with Gasteiger partial charge in [0.05, 0.1) is 0 Å². The van der Waals surface area contributed by atoms with E-state index in [0.717, 1.165) is 32.1 Å². The molecule has 20 heavy (non-hydrogen) atoms. The third-order valence-corrected chi connectivity index (χ3v) is 2.53. The van der Waals surface area contributed by atoms with Gasteiger partial charge in [-0.05, 0) is 38.5 Å². The van der Waals surface area contributed by atoms with Gasteiger partial charge in [-0.2, -0.15) is 0 Å². The Morgan fingerprint density at radius 2 is 1.65 bits per heavy atom. The van der Waals surface area contributed by atoms with Crippen molar-refractivity contribution in [1.82, 2.24) is 0 Å². The average Bonchev–Trinajstić information content (AvgIpc) is 2.55. The Kier molecular flexibility index (Phi) is 8.94. The Hall–Kier alpha value is -1.31. The summed E-state index contributed by atoms with van der Waals surface area (Å²) in [5, 5.41) is 8.78. The van der Waals surface area contributed by atoms with Gasteiger partial charge in [-0.25, -0.2) is 0 Å². The van der Waals surface area contributed by atoms with Crippen molar-refractivity contribution in [2.24, 2.45) is 0 Å². The molecular formula is C18H30O2. The maximum absolute atomic E-state index is 10.8. The third-order valence-electron chi connectivity index (χ3n) is 2.53. The van der Waals surface area contributed by atoms with Crippen LogP contribution in [0.2, 0.25) is 0 Å². The normalized spacial score (nSPS) is 18.8. The van der Waals surface area contributed by atoms with Crippen molar-refractivity contribution in [1.29, 1.82) is 0 Å². The summed E-state index contributed by atoms with van der Waals surface area (Å²) in [5.41, 5.74) is 0. The standard InChI is InChI=1S/C18H30O2/c1-2-3-4-5-6-7-8-9-10-11-12-13-14-15-16-17-18(19)20/h3-4,6-7,9-10H,2,5,8,11-17H2,1H3,(H,19,20)/i15D,16D2,17D2. The van der Waals surface area contributed by atoms with Crippen molar-refractivity contribution in [3.8, 4) is 0 Å². The molecule has 0 bridgehead atoms. The van der Waals surface area contributed by atoms with E-state index >= 15 is 0 Å². The molecule has 0 aliphatic heterocycles. The van der Waals surface area contributed by atoms with Crippen LogP contribution in [0.5, 0.6) is 0 Å². The van der Waals surface area contributed by atoms with Crippen LogP contribution in [0.15, 0.2) is 36.5 Å². The second-order valence-corrected chi connectivity index (χ2v) is 4.36. The molecule has 0 aromatic carbocycles. The lowest BCUT2D eigenvalue weighted by Gasteiger charge is -1.98. The SMILES string of the molecule is [2H]C(CCCCC=CCC=CCC=CCC)C([2H])([2H])C([2H])([2H])C(=O)O. The monoisotopic (exact) mass is 283 g/mol. The summed E-state index contributed by atoms with van der Waals surface area (Å²) in [7, 11) is 0. The van der Waals surface area contributed by atoms with Crippen LogP contribution in [-0.2, 0) is 4.79 Å². The topological polar surface area (TPSA) is 37.3 Å². The minimum absolute atomic E-state index is 0.136. The molecule has 0 aromatic rings. The summed E-state index contributed by atoms with van der Waals surface area (Å²) >= 11 is 0. The summed E-state index contributed by atoms with van der Waals surface area (Å²) in [5.74, 6) is -1.86. The predicted octanol–water partition coefficient (Wildman–Crippen LogP) is 5.66. The molecule has 2 nitrogen and oxygen atoms in total. The molecule has 0 rings (SSSR count). The molecule has 0 aliphatic rings. The number of hydrogen-bond acceptors (Lipinski definition) is 1. The van der Waals surface area contributed by atoms with Gasteiger partial charge >= 0.3 is 5.97 Å². The fourth-order valence-electron chi connectivity index (χ4n) is 1.52. The van der Waals surface area contributed by atoms with Crippen molar-refractivity contribution in [2.45, 2.75) is 71.0 Å². The molecule has 0 saturated heterocycles. The molecule has 0 heterocycles. The molecule has 1 atom stereocenters. The fourth-order valence-corrected chi connectivity index (χ4v) is 1.52. The Morgan fingerprint density at radius 1 is 1.00 bits per heavy atom. The van der Waals surface area contributed by atoms with Crippen LogP contribution in [0, 0.1) is 0 Å². The highest BCUT2D eigenvalue weighted by Crippen LogP contribution is 2.07. The van der Waals surface area contributed by atoms with E-state index in [-0.39, 0.29) is 6.42 Å². The summed E-state index contributed by atoms with van der Waals surface area (Å²) in [6, 6.07) is 0. The lowest BCUT2D eigenvalue weighted by Crippen LogP contribution is -1.93. The number of carboxylic acids is 1. The number of allylic oxidation sites excluding steroid dienone is 6. The number of unbranched alkanes of at least 4 members (excludes halogenated alkanes) is 2. The summed E-state index contributed by atoms with van der Waals surface area (Å²) < 4.78 is 37.6. The molecule has 2 heteroatoms. The van der Waals surface area contributed by atoms with Crippen LogP contribution in [0.1, 0.15) is 77.9 Å². The smallest absolute Gasteiger partial charge is 0.303 e. The van der Waals surface area contributed by atoms with E-state index in [2.05, 4.69) is 37.3 Å². The van der Waals surface area contributed by atoms with E-state index in [1.807, 2.05) is 6.08 Å². The number of carbonyl (C=O) groups is 1. The number of hydrogen-bond donors (Lipinski definition) is 1. The second-order valence-electron chi connectivity index (χ2n) is 4.36. The molecule has 0 aromatic heterocycles. The zero-order chi connectivity index (χ0) is 19.3. The average molecular weight is 283 g/mol. The van der Waals surface area contributed by atoms with E-state index in [0.29, 0.717) is 6.42 Å². The fraction of sp³-hybridized carbons (Fsp3) is 0.611. The molecule has 114 valence electrons. The van der Waals surface area contributed by atoms with Gasteiger partial charge in [0.1, 0.15) is 0 Å². The first-order chi connectivity index (χ1) is 11.7. The summed E-state index contributed by atoms with van der Waals surface area (Å²) in [4.78, 5) is 10.8. The number of aliphatic carboxylic acids is 1. The predicted molar refractivity (Wildman–Crippen MR) is 86.9 cm³/mol. The van der Waals surface area contributed by atoms with Gasteiger partial charge in [-0.3, -0.25) is 4.79 Å². The van der Waals surface area contributed by atoms with Gasteiger partial charge in [-0.15, -0.1) is 0 Å². The molecule has 0 radical (unpaired) electrons. The highest BCUT2D eigenvalue weighted by atomic mass is 16.4. The lowest BCUT2D eigenvalue weighted by atomic mass is 10.1. The Labute approximate surface area is 131 Å². The molecule has 0 fully saturated rings. The van der Waals surface area contributed by atoms with E-state index in [1.54, 1.807) is 0 Å². The largest absolute Gasteiger partial charge is 0.481 e. The molecular weight excluding hydrogens is 248 g/mol. The molecule has 0 saturated carbocycles. The third kappa shape index (κ3) is 16.7. The van der Waals surface area contributed by atoms with Crippen LogP contribution >= 0.6 is 0 Å². The van der Waals surface area contributed by atoms with E-state index in [1.165, 1.54) is 0 Å². The lowest BCUT2D eigenvalue weighted by molar-refractivity contribution is -0.137. The van der Waals surface area contributed by atoms with Crippen LogP contribution in [0.3, 0.4) is 0 Å². The molecule has 0 aliphatic carbocycles. The maximum Gasteiger partial charge on any atom is 0.303 e. The summed E-state index contributed by atoms with van der Waals surface area (Å²) in [6.07, 6.45) is 10.5. The highest BCUT2D eigenvalue weighted by Gasteiger charge is 1.95. The minimum atomic E-state index is -3.06. The second kappa shape index (κ2) is 15.7. The van der Waals surface area contributed by atoms with Crippen LogP contribution < -0.4 is 0 Å². The molecule has 1 N–H and O–H groups in total. The van der Waals surface area contributed by atoms with Gasteiger partial charge in [0.2, 0.25) is 0 Å². The van der Waals surface area contributed by atoms with Crippen molar-refractivity contribution in [3.63, 3.8) is 0 Å². The van der Waals surface area contributed by atoms with Gasteiger partial charge in [0, 0.05) is 13.2 Å². The number of rotatable bonds is 13. The first-order valence-corrected chi connectivity index (χ1v) is 7.28. The van der Waals surface area contributed by atoms with Crippen molar-refractivity contribution in [2.75, 3.05) is 0 Å². The first kappa shape index (κ1) is 11.4. The summed E-state index contributed by atoms with van der Waals surface area (Å²) in [6.45, 7) is 2.10. The van der Waals surface area contributed by atoms with Crippen LogP contribution in [0.4, 0.5) is 0 Å². The van der Waals surface area contributed by atoms with Crippen LogP contribution in [-0.4, -0.2) is 11.1 Å². The van der Waals surface area contributed by atoms with Crippen molar-refractivity contribution in [3.05, 3.63) is 36.5 Å². The zero-order valence-corrected chi connectivity index (χ0v) is 12.3. The van der Waals surface area contributed by atoms with Crippen LogP contribution in [0.25, 0.3) is 0 Å². The van der Waals surface area contributed by atoms with Crippen molar-refractivity contribution < 1.29 is 16.8 Å². The van der Waals surface area contributed by atoms with Gasteiger partial charge in [0.15, 0.2) is 0 Å². The van der Waals surface area contributed by atoms with Gasteiger partial charge < -0.3 is 5.11 Å². The van der Waals surface area contributed by atoms with E-state index in [4.69, 9.17) is 12.0 Å². The molecule has 0 spiro atoms. The quantitative estimate of drug-likeness (QED) is 0.350. The molecule has 1 unspecified atom stereocenters. The van der Waals surface area contributed by atoms with Crippen molar-refractivity contribution >= 4 is 5.97 Å². The Balaban J connectivity index is 3.99. The van der Waals surface area contributed by atoms with E-state index < -0.39 is 25.1 Å².